The summed E-state index contributed by atoms with van der Waals surface area (Å²) in [6.07, 6.45) is -0.321. The summed E-state index contributed by atoms with van der Waals surface area (Å²) < 4.78 is 5.20. The Morgan fingerprint density at radius 2 is 2.17 bits per heavy atom. The Balaban J connectivity index is 2.04. The van der Waals surface area contributed by atoms with Crippen LogP contribution in [-0.2, 0) is 16.1 Å². The largest absolute Gasteiger partial charge is 0.479 e. The number of hydrogen-bond donors (Lipinski definition) is 2. The van der Waals surface area contributed by atoms with E-state index in [1.807, 2.05) is 5.38 Å². The Morgan fingerprint density at radius 1 is 1.48 bits per heavy atom. The third kappa shape index (κ3) is 4.45. The van der Waals surface area contributed by atoms with E-state index in [-0.39, 0.29) is 6.54 Å². The number of ether oxygens (including phenoxy) is 1. The van der Waals surface area contributed by atoms with Crippen LogP contribution in [-0.4, -0.2) is 46.3 Å². The molecule has 7 heteroatoms. The second-order valence-corrected chi connectivity index (χ2v) is 8.10. The minimum atomic E-state index is -1.29. The number of alkyl carbamates (subject to hydrolysis) is 1. The maximum atomic E-state index is 12.0. The molecule has 1 atom stereocenters. The van der Waals surface area contributed by atoms with Gasteiger partial charge in [0, 0.05) is 24.5 Å². The van der Waals surface area contributed by atoms with Crippen LogP contribution in [0.2, 0.25) is 0 Å². The number of nitrogens with one attached hydrogen (secondary N) is 1. The summed E-state index contributed by atoms with van der Waals surface area (Å²) in [4.78, 5) is 27.0. The van der Waals surface area contributed by atoms with Crippen molar-refractivity contribution in [2.75, 3.05) is 13.1 Å². The molecule has 0 aromatic carbocycles. The minimum absolute atomic E-state index is 0.275. The summed E-state index contributed by atoms with van der Waals surface area (Å²) in [7, 11) is 0. The van der Waals surface area contributed by atoms with Gasteiger partial charge in [-0.05, 0) is 51.1 Å². The molecule has 0 spiro atoms. The number of likely N-dealkylation sites (tertiary alicyclic amines) is 1. The molecule has 23 heavy (non-hydrogen) atoms. The highest BCUT2D eigenvalue weighted by molar-refractivity contribution is 7.10. The van der Waals surface area contributed by atoms with Gasteiger partial charge in [0.25, 0.3) is 0 Å². The van der Waals surface area contributed by atoms with Gasteiger partial charge in [-0.3, -0.25) is 4.90 Å². The van der Waals surface area contributed by atoms with Gasteiger partial charge in [0.15, 0.2) is 5.54 Å². The highest BCUT2D eigenvalue weighted by Crippen LogP contribution is 2.26. The molecule has 1 aromatic rings. The lowest BCUT2D eigenvalue weighted by atomic mass is 9.99. The fourth-order valence-electron chi connectivity index (χ4n) is 2.67. The number of hydrogen-bond acceptors (Lipinski definition) is 5. The summed E-state index contributed by atoms with van der Waals surface area (Å²) in [5.74, 6) is -1.02. The monoisotopic (exact) mass is 340 g/mol. The molecule has 0 saturated carbocycles. The van der Waals surface area contributed by atoms with Crippen LogP contribution in [0.4, 0.5) is 4.79 Å². The number of amides is 1. The van der Waals surface area contributed by atoms with Crippen LogP contribution in [0.1, 0.15) is 37.6 Å². The fourth-order valence-corrected chi connectivity index (χ4v) is 3.39. The van der Waals surface area contributed by atoms with Crippen LogP contribution in [0.3, 0.4) is 0 Å². The van der Waals surface area contributed by atoms with Crippen LogP contribution in [0.25, 0.3) is 0 Å². The van der Waals surface area contributed by atoms with Crippen molar-refractivity contribution in [1.82, 2.24) is 10.2 Å². The van der Waals surface area contributed by atoms with E-state index in [1.165, 1.54) is 10.4 Å². The number of carbonyl (C=O) groups excluding carboxylic acids is 1. The Bertz CT molecular complexity index is 593. The molecule has 2 heterocycles. The predicted molar refractivity (Wildman–Crippen MR) is 88.7 cm³/mol. The molecule has 0 bridgehead atoms. The van der Waals surface area contributed by atoms with Gasteiger partial charge in [0.1, 0.15) is 5.60 Å². The topological polar surface area (TPSA) is 78.9 Å². The molecule has 0 aliphatic carbocycles. The fraction of sp³-hybridized carbons (Fsp3) is 0.625. The number of carbonyl (C=O) groups is 2. The second kappa shape index (κ2) is 6.49. The Labute approximate surface area is 140 Å². The first kappa shape index (κ1) is 17.7. The van der Waals surface area contributed by atoms with Crippen LogP contribution >= 0.6 is 11.3 Å². The average molecular weight is 340 g/mol. The van der Waals surface area contributed by atoms with Crippen molar-refractivity contribution in [3.05, 3.63) is 21.9 Å². The third-order valence-electron chi connectivity index (χ3n) is 3.86. The van der Waals surface area contributed by atoms with Gasteiger partial charge in [-0.25, -0.2) is 9.59 Å². The van der Waals surface area contributed by atoms with E-state index in [1.54, 1.807) is 32.1 Å². The van der Waals surface area contributed by atoms with E-state index in [2.05, 4.69) is 23.2 Å². The molecule has 2 N–H and O–H groups in total. The number of thiophene rings is 1. The van der Waals surface area contributed by atoms with Crippen molar-refractivity contribution in [1.29, 1.82) is 0 Å². The third-order valence-corrected chi connectivity index (χ3v) is 4.75. The van der Waals surface area contributed by atoms with Crippen molar-refractivity contribution in [3.8, 4) is 0 Å². The van der Waals surface area contributed by atoms with E-state index in [4.69, 9.17) is 4.74 Å². The number of carboxylic acids is 1. The molecule has 1 unspecified atom stereocenters. The van der Waals surface area contributed by atoms with E-state index < -0.39 is 23.2 Å². The minimum Gasteiger partial charge on any atom is -0.479 e. The first-order valence-electron chi connectivity index (χ1n) is 7.61. The summed E-state index contributed by atoms with van der Waals surface area (Å²) in [5.41, 5.74) is -0.740. The van der Waals surface area contributed by atoms with E-state index in [0.717, 1.165) is 0 Å². The summed E-state index contributed by atoms with van der Waals surface area (Å²) >= 11 is 1.68. The van der Waals surface area contributed by atoms with Crippen molar-refractivity contribution in [2.45, 2.75) is 51.8 Å². The summed E-state index contributed by atoms with van der Waals surface area (Å²) in [5, 5.41) is 14.2. The van der Waals surface area contributed by atoms with Crippen LogP contribution in [0.5, 0.6) is 0 Å². The first-order valence-corrected chi connectivity index (χ1v) is 8.49. The predicted octanol–water partition coefficient (Wildman–Crippen LogP) is 2.61. The smallest absolute Gasteiger partial charge is 0.408 e. The van der Waals surface area contributed by atoms with E-state index in [9.17, 15) is 14.7 Å². The van der Waals surface area contributed by atoms with Crippen LogP contribution in [0.15, 0.2) is 11.4 Å². The van der Waals surface area contributed by atoms with Crippen molar-refractivity contribution >= 4 is 23.4 Å². The molecule has 1 saturated heterocycles. The Kier molecular flexibility index (Phi) is 5.01. The molecule has 1 aliphatic heterocycles. The first-order chi connectivity index (χ1) is 10.6. The lowest BCUT2D eigenvalue weighted by Crippen LogP contribution is -2.57. The van der Waals surface area contributed by atoms with Gasteiger partial charge in [-0.1, -0.05) is 0 Å². The van der Waals surface area contributed by atoms with E-state index in [0.29, 0.717) is 19.5 Å². The molecule has 0 radical (unpaired) electrons. The SMILES string of the molecule is Cc1sccc1CN1CCC(NC(=O)OC(C)(C)C)(C(=O)O)C1. The highest BCUT2D eigenvalue weighted by Gasteiger charge is 2.46. The maximum Gasteiger partial charge on any atom is 0.408 e. The van der Waals surface area contributed by atoms with Gasteiger partial charge in [-0.2, -0.15) is 0 Å². The lowest BCUT2D eigenvalue weighted by Gasteiger charge is -2.28. The summed E-state index contributed by atoms with van der Waals surface area (Å²) in [6, 6.07) is 2.06. The molecular weight excluding hydrogens is 316 g/mol. The Morgan fingerprint density at radius 3 is 2.70 bits per heavy atom. The normalized spacial score (nSPS) is 22.1. The van der Waals surface area contributed by atoms with Gasteiger partial charge in [0.2, 0.25) is 0 Å². The van der Waals surface area contributed by atoms with Crippen LogP contribution in [0, 0.1) is 6.92 Å². The highest BCUT2D eigenvalue weighted by atomic mass is 32.1. The Hall–Kier alpha value is -1.60. The van der Waals surface area contributed by atoms with Gasteiger partial charge < -0.3 is 15.2 Å². The number of aryl methyl sites for hydroxylation is 1. The molecule has 1 aromatic heterocycles. The number of nitrogens with zero attached hydrogens (tertiary/aromatic N) is 1. The quantitative estimate of drug-likeness (QED) is 0.881. The second-order valence-electron chi connectivity index (χ2n) is 6.98. The standard InChI is InChI=1S/C16H24N2O4S/c1-11-12(5-8-23-11)9-18-7-6-16(10-18,13(19)20)17-14(21)22-15(2,3)4/h5,8H,6-7,9-10H2,1-4H3,(H,17,21)(H,19,20). The maximum absolute atomic E-state index is 12.0. The van der Waals surface area contributed by atoms with Gasteiger partial charge in [0.05, 0.1) is 0 Å². The molecule has 1 aliphatic rings. The van der Waals surface area contributed by atoms with Gasteiger partial charge in [-0.15, -0.1) is 11.3 Å². The van der Waals surface area contributed by atoms with Crippen molar-refractivity contribution in [3.63, 3.8) is 0 Å². The molecule has 2 rings (SSSR count). The number of aliphatic carboxylic acids is 1. The molecular formula is C16H24N2O4S. The molecule has 1 amide bonds. The molecule has 1 fully saturated rings. The number of rotatable bonds is 4. The lowest BCUT2D eigenvalue weighted by molar-refractivity contribution is -0.144. The zero-order chi connectivity index (χ0) is 17.3. The summed E-state index contributed by atoms with van der Waals surface area (Å²) in [6.45, 7) is 8.90. The van der Waals surface area contributed by atoms with Crippen molar-refractivity contribution < 1.29 is 19.4 Å². The number of carboxylic acid groups (broad SMARTS) is 1. The molecule has 128 valence electrons. The average Bonchev–Trinajstić information content (AvgIpc) is 2.96. The van der Waals surface area contributed by atoms with E-state index >= 15 is 0 Å². The van der Waals surface area contributed by atoms with Gasteiger partial charge >= 0.3 is 12.1 Å². The van der Waals surface area contributed by atoms with Crippen molar-refractivity contribution in [2.24, 2.45) is 0 Å². The van der Waals surface area contributed by atoms with Crippen LogP contribution < -0.4 is 5.32 Å². The zero-order valence-corrected chi connectivity index (χ0v) is 14.8. The molecule has 6 nitrogen and oxygen atoms in total. The zero-order valence-electron chi connectivity index (χ0n) is 14.0.